The van der Waals surface area contributed by atoms with E-state index >= 15 is 0 Å². The second-order valence-corrected chi connectivity index (χ2v) is 5.29. The Labute approximate surface area is 98.0 Å². The largest absolute Gasteiger partial charge is 0.341 e. The van der Waals surface area contributed by atoms with Crippen molar-refractivity contribution in [1.82, 2.24) is 15.1 Å². The number of piperidine rings is 1. The van der Waals surface area contributed by atoms with Gasteiger partial charge in [0.2, 0.25) is 5.91 Å². The van der Waals surface area contributed by atoms with E-state index in [0.29, 0.717) is 17.9 Å². The number of hydrogen-bond donors (Lipinski definition) is 1. The van der Waals surface area contributed by atoms with Crippen LogP contribution in [0.15, 0.2) is 0 Å². The van der Waals surface area contributed by atoms with Crippen LogP contribution < -0.4 is 5.32 Å². The highest BCUT2D eigenvalue weighted by atomic mass is 16.2. The summed E-state index contributed by atoms with van der Waals surface area (Å²) in [6, 6.07) is 0.430. The highest BCUT2D eigenvalue weighted by molar-refractivity contribution is 5.76. The number of likely N-dealkylation sites (N-methyl/N-ethyl adjacent to an activating group) is 2. The highest BCUT2D eigenvalue weighted by Gasteiger charge is 2.27. The summed E-state index contributed by atoms with van der Waals surface area (Å²) in [5.41, 5.74) is 0. The Morgan fingerprint density at radius 3 is 2.81 bits per heavy atom. The Morgan fingerprint density at radius 1 is 1.50 bits per heavy atom. The van der Waals surface area contributed by atoms with Crippen molar-refractivity contribution in [1.29, 1.82) is 0 Å². The zero-order valence-electron chi connectivity index (χ0n) is 10.4. The topological polar surface area (TPSA) is 35.6 Å². The van der Waals surface area contributed by atoms with Crippen molar-refractivity contribution in [3.8, 4) is 0 Å². The van der Waals surface area contributed by atoms with Crippen LogP contribution in [0.5, 0.6) is 0 Å². The molecule has 0 radical (unpaired) electrons. The summed E-state index contributed by atoms with van der Waals surface area (Å²) in [5, 5.41) is 3.21. The Hall–Kier alpha value is -0.610. The van der Waals surface area contributed by atoms with Gasteiger partial charge < -0.3 is 15.1 Å². The van der Waals surface area contributed by atoms with Crippen LogP contribution in [0.4, 0.5) is 0 Å². The van der Waals surface area contributed by atoms with E-state index in [4.69, 9.17) is 0 Å². The molecule has 1 atom stereocenters. The third-order valence-electron chi connectivity index (χ3n) is 3.87. The molecule has 0 aromatic carbocycles. The van der Waals surface area contributed by atoms with Crippen LogP contribution in [0.1, 0.15) is 19.3 Å². The van der Waals surface area contributed by atoms with Gasteiger partial charge in [0, 0.05) is 26.1 Å². The van der Waals surface area contributed by atoms with Crippen LogP contribution in [-0.2, 0) is 4.79 Å². The summed E-state index contributed by atoms with van der Waals surface area (Å²) in [7, 11) is 4.11. The van der Waals surface area contributed by atoms with Crippen molar-refractivity contribution in [3.05, 3.63) is 0 Å². The first-order valence-electron chi connectivity index (χ1n) is 6.31. The number of nitrogens with one attached hydrogen (secondary N) is 1. The van der Waals surface area contributed by atoms with Crippen molar-refractivity contribution in [3.63, 3.8) is 0 Å². The van der Waals surface area contributed by atoms with Gasteiger partial charge in [0.1, 0.15) is 0 Å². The van der Waals surface area contributed by atoms with Crippen molar-refractivity contribution in [2.75, 3.05) is 40.3 Å². The smallest absolute Gasteiger partial charge is 0.222 e. The van der Waals surface area contributed by atoms with Gasteiger partial charge in [0.25, 0.3) is 0 Å². The SMILES string of the molecule is CN1CCCC(N(C)C(=O)CC2CNC2)C1. The Balaban J connectivity index is 1.80. The third-order valence-corrected chi connectivity index (χ3v) is 3.87. The lowest BCUT2D eigenvalue weighted by atomic mass is 9.97. The summed E-state index contributed by atoms with van der Waals surface area (Å²) in [6.45, 7) is 4.24. The molecule has 2 aliphatic rings. The van der Waals surface area contributed by atoms with Gasteiger partial charge in [0.15, 0.2) is 0 Å². The fraction of sp³-hybridized carbons (Fsp3) is 0.917. The average molecular weight is 225 g/mol. The average Bonchev–Trinajstić information content (AvgIpc) is 2.22. The second kappa shape index (κ2) is 5.15. The number of likely N-dealkylation sites (tertiary alicyclic amines) is 1. The predicted octanol–water partition coefficient (Wildman–Crippen LogP) is 0.149. The number of amides is 1. The first-order chi connectivity index (χ1) is 7.66. The van der Waals surface area contributed by atoms with Crippen LogP contribution >= 0.6 is 0 Å². The molecule has 2 fully saturated rings. The monoisotopic (exact) mass is 225 g/mol. The van der Waals surface area contributed by atoms with E-state index in [2.05, 4.69) is 17.3 Å². The van der Waals surface area contributed by atoms with Gasteiger partial charge >= 0.3 is 0 Å². The van der Waals surface area contributed by atoms with Crippen LogP contribution in [0, 0.1) is 5.92 Å². The highest BCUT2D eigenvalue weighted by Crippen LogP contribution is 2.16. The molecule has 2 saturated heterocycles. The third kappa shape index (κ3) is 2.74. The standard InChI is InChI=1S/C12H23N3O/c1-14-5-3-4-11(9-14)15(2)12(16)6-10-7-13-8-10/h10-11,13H,3-9H2,1-2H3. The van der Waals surface area contributed by atoms with E-state index in [1.54, 1.807) is 0 Å². The Bertz CT molecular complexity index is 253. The fourth-order valence-electron chi connectivity index (χ4n) is 2.54. The molecule has 1 amide bonds. The number of carbonyl (C=O) groups excluding carboxylic acids is 1. The molecule has 16 heavy (non-hydrogen) atoms. The molecule has 1 unspecified atom stereocenters. The van der Waals surface area contributed by atoms with Crippen LogP contribution in [0.2, 0.25) is 0 Å². The number of rotatable bonds is 3. The van der Waals surface area contributed by atoms with Gasteiger partial charge in [-0.2, -0.15) is 0 Å². The van der Waals surface area contributed by atoms with Crippen molar-refractivity contribution >= 4 is 5.91 Å². The lowest BCUT2D eigenvalue weighted by Crippen LogP contribution is -2.50. The van der Waals surface area contributed by atoms with Gasteiger partial charge in [0.05, 0.1) is 0 Å². The van der Waals surface area contributed by atoms with E-state index in [9.17, 15) is 4.79 Å². The summed E-state index contributed by atoms with van der Waals surface area (Å²) < 4.78 is 0. The van der Waals surface area contributed by atoms with Crippen LogP contribution in [-0.4, -0.2) is 62.0 Å². The number of carbonyl (C=O) groups is 1. The molecule has 2 aliphatic heterocycles. The summed E-state index contributed by atoms with van der Waals surface area (Å²) in [5.74, 6) is 0.906. The van der Waals surface area contributed by atoms with E-state index in [1.807, 2.05) is 11.9 Å². The normalized spacial score (nSPS) is 27.5. The molecule has 92 valence electrons. The molecule has 0 bridgehead atoms. The molecule has 4 nitrogen and oxygen atoms in total. The van der Waals surface area contributed by atoms with E-state index in [0.717, 1.165) is 32.5 Å². The zero-order valence-corrected chi connectivity index (χ0v) is 10.4. The number of nitrogens with zero attached hydrogens (tertiary/aromatic N) is 2. The van der Waals surface area contributed by atoms with E-state index in [-0.39, 0.29) is 0 Å². The lowest BCUT2D eigenvalue weighted by molar-refractivity contribution is -0.134. The Kier molecular flexibility index (Phi) is 3.82. The van der Waals surface area contributed by atoms with Gasteiger partial charge in [-0.15, -0.1) is 0 Å². The van der Waals surface area contributed by atoms with Gasteiger partial charge in [-0.05, 0) is 45.4 Å². The molecule has 0 aromatic rings. The quantitative estimate of drug-likeness (QED) is 0.742. The maximum atomic E-state index is 12.0. The first-order valence-corrected chi connectivity index (χ1v) is 6.31. The number of hydrogen-bond acceptors (Lipinski definition) is 3. The molecule has 0 spiro atoms. The van der Waals surface area contributed by atoms with Crippen LogP contribution in [0.3, 0.4) is 0 Å². The van der Waals surface area contributed by atoms with Crippen molar-refractivity contribution < 1.29 is 4.79 Å². The summed E-state index contributed by atoms with van der Waals surface area (Å²) >= 11 is 0. The van der Waals surface area contributed by atoms with Crippen molar-refractivity contribution in [2.24, 2.45) is 5.92 Å². The molecule has 2 rings (SSSR count). The molecule has 2 heterocycles. The van der Waals surface area contributed by atoms with Gasteiger partial charge in [-0.1, -0.05) is 0 Å². The van der Waals surface area contributed by atoms with E-state index in [1.165, 1.54) is 13.0 Å². The van der Waals surface area contributed by atoms with Crippen LogP contribution in [0.25, 0.3) is 0 Å². The maximum absolute atomic E-state index is 12.0. The fourth-order valence-corrected chi connectivity index (χ4v) is 2.54. The lowest BCUT2D eigenvalue weighted by Gasteiger charge is -2.37. The van der Waals surface area contributed by atoms with E-state index < -0.39 is 0 Å². The van der Waals surface area contributed by atoms with Gasteiger partial charge in [-0.3, -0.25) is 4.79 Å². The summed E-state index contributed by atoms with van der Waals surface area (Å²) in [6.07, 6.45) is 3.10. The Morgan fingerprint density at radius 2 is 2.25 bits per heavy atom. The minimum atomic E-state index is 0.326. The molecular weight excluding hydrogens is 202 g/mol. The minimum absolute atomic E-state index is 0.326. The zero-order chi connectivity index (χ0) is 11.5. The molecule has 0 saturated carbocycles. The predicted molar refractivity (Wildman–Crippen MR) is 64.3 cm³/mol. The second-order valence-electron chi connectivity index (χ2n) is 5.29. The molecule has 0 aromatic heterocycles. The maximum Gasteiger partial charge on any atom is 0.222 e. The minimum Gasteiger partial charge on any atom is -0.341 e. The summed E-state index contributed by atoms with van der Waals surface area (Å²) in [4.78, 5) is 16.3. The van der Waals surface area contributed by atoms with Crippen molar-refractivity contribution in [2.45, 2.75) is 25.3 Å². The molecule has 0 aliphatic carbocycles. The molecule has 4 heteroatoms. The molecule has 1 N–H and O–H groups in total. The molecular formula is C12H23N3O. The first kappa shape index (κ1) is 11.9. The van der Waals surface area contributed by atoms with Gasteiger partial charge in [-0.25, -0.2) is 0 Å².